The summed E-state index contributed by atoms with van der Waals surface area (Å²) >= 11 is 3.56. The van der Waals surface area contributed by atoms with Crippen molar-refractivity contribution in [2.45, 2.75) is 6.54 Å². The third-order valence-electron chi connectivity index (χ3n) is 5.63. The normalized spacial score (nSPS) is 14.6. The molecule has 0 amide bonds. The van der Waals surface area contributed by atoms with Crippen molar-refractivity contribution in [3.8, 4) is 11.6 Å². The van der Waals surface area contributed by atoms with Crippen molar-refractivity contribution >= 4 is 38.3 Å². The van der Waals surface area contributed by atoms with Crippen LogP contribution in [0.25, 0.3) is 10.9 Å². The molecule has 3 heterocycles. The van der Waals surface area contributed by atoms with Crippen LogP contribution in [0.15, 0.2) is 71.6 Å². The van der Waals surface area contributed by atoms with Crippen LogP contribution in [0.4, 0.5) is 11.5 Å². The third-order valence-corrected chi connectivity index (χ3v) is 6.32. The Bertz CT molecular complexity index is 1230. The average Bonchev–Trinajstić information content (AvgIpc) is 2.84. The molecule has 0 bridgehead atoms. The van der Waals surface area contributed by atoms with Crippen molar-refractivity contribution in [3.05, 3.63) is 77.2 Å². The van der Waals surface area contributed by atoms with Gasteiger partial charge in [0.2, 0.25) is 5.88 Å². The molecule has 0 spiro atoms. The molecule has 8 heteroatoms. The minimum absolute atomic E-state index is 0.344. The molecule has 0 atom stereocenters. The van der Waals surface area contributed by atoms with Gasteiger partial charge >= 0.3 is 0 Å². The number of benzene rings is 2. The molecule has 1 fully saturated rings. The minimum atomic E-state index is 0.344. The highest BCUT2D eigenvalue weighted by Gasteiger charge is 2.22. The second-order valence-electron chi connectivity index (χ2n) is 7.71. The van der Waals surface area contributed by atoms with Gasteiger partial charge in [-0.25, -0.2) is 4.98 Å². The van der Waals surface area contributed by atoms with Crippen LogP contribution in [0, 0.1) is 0 Å². The Morgan fingerprint density at radius 1 is 0.906 bits per heavy atom. The standard InChI is InChI=1S/C24H23BrN6O/c25-19-8-9-20(22-18(19)7-4-10-27-22)32-24-21(26)23(28-16-29-24)31-13-11-30(12-14-31)15-17-5-2-1-3-6-17/h1-10,16H,11-15,26H2. The number of nitrogens with two attached hydrogens (primary N) is 1. The number of nitrogens with zero attached hydrogens (tertiary/aromatic N) is 5. The van der Waals surface area contributed by atoms with Gasteiger partial charge in [0, 0.05) is 48.8 Å². The average molecular weight is 491 g/mol. The first kappa shape index (κ1) is 20.7. The number of halogens is 1. The SMILES string of the molecule is Nc1c(Oc2ccc(Br)c3cccnc23)ncnc1N1CCN(Cc2ccccc2)CC1. The van der Waals surface area contributed by atoms with Crippen LogP contribution in [0.3, 0.4) is 0 Å². The second-order valence-corrected chi connectivity index (χ2v) is 8.57. The van der Waals surface area contributed by atoms with E-state index in [-0.39, 0.29) is 0 Å². The van der Waals surface area contributed by atoms with E-state index >= 15 is 0 Å². The molecule has 0 unspecified atom stereocenters. The maximum atomic E-state index is 6.46. The molecule has 2 aromatic heterocycles. The molecule has 7 nitrogen and oxygen atoms in total. The summed E-state index contributed by atoms with van der Waals surface area (Å²) in [6.07, 6.45) is 3.25. The number of piperazine rings is 1. The predicted octanol–water partition coefficient (Wildman–Crippen LogP) is 4.48. The van der Waals surface area contributed by atoms with Gasteiger partial charge in [0.05, 0.1) is 0 Å². The lowest BCUT2D eigenvalue weighted by Gasteiger charge is -2.35. The van der Waals surface area contributed by atoms with Gasteiger partial charge in [-0.2, -0.15) is 4.98 Å². The summed E-state index contributed by atoms with van der Waals surface area (Å²) in [5.41, 5.74) is 8.97. The first-order chi connectivity index (χ1) is 15.7. The first-order valence-electron chi connectivity index (χ1n) is 10.5. The lowest BCUT2D eigenvalue weighted by molar-refractivity contribution is 0.249. The number of hydrogen-bond acceptors (Lipinski definition) is 7. The molecule has 1 aliphatic rings. The van der Waals surface area contributed by atoms with Crippen molar-refractivity contribution in [1.82, 2.24) is 19.9 Å². The number of fused-ring (bicyclic) bond motifs is 1. The highest BCUT2D eigenvalue weighted by molar-refractivity contribution is 9.10. The summed E-state index contributed by atoms with van der Waals surface area (Å²) in [6.45, 7) is 4.52. The zero-order chi connectivity index (χ0) is 21.9. The number of pyridine rings is 1. The Balaban J connectivity index is 1.32. The van der Waals surface area contributed by atoms with Crippen molar-refractivity contribution in [2.75, 3.05) is 36.8 Å². The van der Waals surface area contributed by atoms with Crippen molar-refractivity contribution in [2.24, 2.45) is 0 Å². The fourth-order valence-electron chi connectivity index (χ4n) is 3.96. The molecule has 5 rings (SSSR count). The fourth-order valence-corrected chi connectivity index (χ4v) is 4.41. The zero-order valence-corrected chi connectivity index (χ0v) is 19.1. The third kappa shape index (κ3) is 4.24. The van der Waals surface area contributed by atoms with E-state index in [1.54, 1.807) is 6.20 Å². The molecule has 162 valence electrons. The van der Waals surface area contributed by atoms with Gasteiger partial charge in [0.1, 0.15) is 17.5 Å². The van der Waals surface area contributed by atoms with Crippen LogP contribution in [0.5, 0.6) is 11.6 Å². The van der Waals surface area contributed by atoms with Gasteiger partial charge < -0.3 is 15.4 Å². The molecule has 1 saturated heterocycles. The monoisotopic (exact) mass is 490 g/mol. The second kappa shape index (κ2) is 9.10. The molecule has 4 aromatic rings. The molecule has 0 radical (unpaired) electrons. The lowest BCUT2D eigenvalue weighted by Crippen LogP contribution is -2.46. The van der Waals surface area contributed by atoms with Crippen molar-refractivity contribution < 1.29 is 4.74 Å². The van der Waals surface area contributed by atoms with E-state index in [2.05, 4.69) is 64.9 Å². The summed E-state index contributed by atoms with van der Waals surface area (Å²) < 4.78 is 7.07. The number of anilines is 2. The van der Waals surface area contributed by atoms with E-state index in [0.29, 0.717) is 23.1 Å². The van der Waals surface area contributed by atoms with Gasteiger partial charge in [-0.15, -0.1) is 0 Å². The van der Waals surface area contributed by atoms with Crippen LogP contribution in [-0.4, -0.2) is 46.0 Å². The highest BCUT2D eigenvalue weighted by atomic mass is 79.9. The van der Waals surface area contributed by atoms with E-state index in [1.807, 2.05) is 30.3 Å². The van der Waals surface area contributed by atoms with Crippen LogP contribution < -0.4 is 15.4 Å². The summed E-state index contributed by atoms with van der Waals surface area (Å²) in [6, 6.07) is 18.2. The highest BCUT2D eigenvalue weighted by Crippen LogP contribution is 2.36. The van der Waals surface area contributed by atoms with E-state index in [4.69, 9.17) is 10.5 Å². The molecule has 2 aromatic carbocycles. The molecule has 32 heavy (non-hydrogen) atoms. The Hall–Kier alpha value is -3.23. The van der Waals surface area contributed by atoms with Crippen molar-refractivity contribution in [1.29, 1.82) is 0 Å². The molecular weight excluding hydrogens is 468 g/mol. The van der Waals surface area contributed by atoms with E-state index in [0.717, 1.165) is 48.1 Å². The van der Waals surface area contributed by atoms with Crippen LogP contribution in [-0.2, 0) is 6.54 Å². The maximum Gasteiger partial charge on any atom is 0.248 e. The molecule has 2 N–H and O–H groups in total. The molecular formula is C24H23BrN6O. The summed E-state index contributed by atoms with van der Waals surface area (Å²) in [7, 11) is 0. The van der Waals surface area contributed by atoms with Gasteiger partial charge in [0.25, 0.3) is 0 Å². The minimum Gasteiger partial charge on any atom is -0.435 e. The summed E-state index contributed by atoms with van der Waals surface area (Å²) in [5, 5.41) is 0.965. The van der Waals surface area contributed by atoms with Gasteiger partial charge in [-0.05, 0) is 23.8 Å². The van der Waals surface area contributed by atoms with Gasteiger partial charge in [-0.1, -0.05) is 52.3 Å². The zero-order valence-electron chi connectivity index (χ0n) is 17.5. The van der Waals surface area contributed by atoms with Crippen molar-refractivity contribution in [3.63, 3.8) is 0 Å². The largest absolute Gasteiger partial charge is 0.435 e. The van der Waals surface area contributed by atoms with Crippen LogP contribution in [0.2, 0.25) is 0 Å². The van der Waals surface area contributed by atoms with E-state index < -0.39 is 0 Å². The topological polar surface area (TPSA) is 80.4 Å². The molecule has 0 saturated carbocycles. The number of hydrogen-bond donors (Lipinski definition) is 1. The van der Waals surface area contributed by atoms with E-state index in [9.17, 15) is 0 Å². The Labute approximate surface area is 195 Å². The maximum absolute atomic E-state index is 6.46. The molecule has 1 aliphatic heterocycles. The van der Waals surface area contributed by atoms with Gasteiger partial charge in [-0.3, -0.25) is 9.88 Å². The summed E-state index contributed by atoms with van der Waals surface area (Å²) in [5.74, 6) is 1.66. The smallest absolute Gasteiger partial charge is 0.248 e. The number of nitrogen functional groups attached to an aromatic ring is 1. The fraction of sp³-hybridized carbons (Fsp3) is 0.208. The van der Waals surface area contributed by atoms with Crippen LogP contribution in [0.1, 0.15) is 5.56 Å². The van der Waals surface area contributed by atoms with E-state index in [1.165, 1.54) is 11.9 Å². The van der Waals surface area contributed by atoms with Crippen LogP contribution >= 0.6 is 15.9 Å². The number of aromatic nitrogens is 3. The van der Waals surface area contributed by atoms with Gasteiger partial charge in [0.15, 0.2) is 11.6 Å². The summed E-state index contributed by atoms with van der Waals surface area (Å²) in [4.78, 5) is 17.9. The lowest BCUT2D eigenvalue weighted by atomic mass is 10.2. The predicted molar refractivity (Wildman–Crippen MR) is 130 cm³/mol. The number of rotatable bonds is 5. The molecule has 0 aliphatic carbocycles. The number of ether oxygens (including phenoxy) is 1. The first-order valence-corrected chi connectivity index (χ1v) is 11.3. The Morgan fingerprint density at radius 3 is 2.53 bits per heavy atom. The Morgan fingerprint density at radius 2 is 1.72 bits per heavy atom. The quantitative estimate of drug-likeness (QED) is 0.441. The Kier molecular flexibility index (Phi) is 5.87.